The molecule has 4 heterocycles. The van der Waals surface area contributed by atoms with Gasteiger partial charge in [0.15, 0.2) is 11.0 Å². The van der Waals surface area contributed by atoms with Gasteiger partial charge in [0.05, 0.1) is 33.1 Å². The number of fused-ring (bicyclic) bond motifs is 3. The lowest BCUT2D eigenvalue weighted by Gasteiger charge is -2.10. The Bertz CT molecular complexity index is 2300. The highest BCUT2D eigenvalue weighted by molar-refractivity contribution is 7.98. The van der Waals surface area contributed by atoms with Crippen LogP contribution < -0.4 is 11.1 Å². The summed E-state index contributed by atoms with van der Waals surface area (Å²) in [5.41, 5.74) is 2.85. The SMILES string of the molecule is Cc1c(-n2c(SCc3nnc4n(C)c(=O)c5ccccc5n34)nnc2-c2ccccc2Cl)c(=O)n(-c2ccccc2)n1C. The van der Waals surface area contributed by atoms with Crippen molar-refractivity contribution >= 4 is 40.0 Å². The molecule has 13 heteroatoms. The third-order valence-corrected chi connectivity index (χ3v) is 8.77. The van der Waals surface area contributed by atoms with Crippen molar-refractivity contribution in [2.45, 2.75) is 17.8 Å². The van der Waals surface area contributed by atoms with Crippen LogP contribution in [0, 0.1) is 6.92 Å². The molecule has 0 bridgehead atoms. The summed E-state index contributed by atoms with van der Waals surface area (Å²) >= 11 is 7.98. The molecule has 0 amide bonds. The third kappa shape index (κ3) is 4.21. The van der Waals surface area contributed by atoms with Gasteiger partial charge in [0.2, 0.25) is 5.78 Å². The molecule has 214 valence electrons. The maximum atomic E-state index is 14.1. The van der Waals surface area contributed by atoms with E-state index in [1.54, 1.807) is 28.4 Å². The van der Waals surface area contributed by atoms with Crippen molar-refractivity contribution in [2.24, 2.45) is 14.1 Å². The van der Waals surface area contributed by atoms with E-state index in [0.29, 0.717) is 55.5 Å². The van der Waals surface area contributed by atoms with E-state index >= 15 is 0 Å². The van der Waals surface area contributed by atoms with E-state index in [2.05, 4.69) is 20.4 Å². The molecule has 0 unspecified atom stereocenters. The monoisotopic (exact) mass is 609 g/mol. The van der Waals surface area contributed by atoms with Crippen LogP contribution in [-0.2, 0) is 19.8 Å². The van der Waals surface area contributed by atoms with Gasteiger partial charge in [-0.2, -0.15) is 0 Å². The second kappa shape index (κ2) is 10.4. The van der Waals surface area contributed by atoms with Crippen molar-refractivity contribution in [1.29, 1.82) is 0 Å². The highest BCUT2D eigenvalue weighted by atomic mass is 35.5. The summed E-state index contributed by atoms with van der Waals surface area (Å²) in [4.78, 5) is 27.0. The second-order valence-corrected chi connectivity index (χ2v) is 11.3. The lowest BCUT2D eigenvalue weighted by molar-refractivity contribution is 0.630. The maximum absolute atomic E-state index is 14.1. The van der Waals surface area contributed by atoms with Gasteiger partial charge in [-0.1, -0.05) is 65.8 Å². The first-order valence-corrected chi connectivity index (χ1v) is 14.7. The number of hydrogen-bond acceptors (Lipinski definition) is 7. The molecule has 0 saturated heterocycles. The predicted octanol–water partition coefficient (Wildman–Crippen LogP) is 4.57. The molecule has 0 spiro atoms. The Morgan fingerprint density at radius 3 is 2.33 bits per heavy atom. The van der Waals surface area contributed by atoms with Crippen molar-refractivity contribution in [1.82, 2.24) is 43.3 Å². The average Bonchev–Trinajstić information content (AvgIpc) is 3.69. The Hall–Kier alpha value is -4.94. The first-order chi connectivity index (χ1) is 20.9. The van der Waals surface area contributed by atoms with Gasteiger partial charge in [-0.15, -0.1) is 20.4 Å². The molecule has 0 saturated carbocycles. The molecule has 0 radical (unpaired) electrons. The number of aryl methyl sites for hydroxylation is 1. The highest BCUT2D eigenvalue weighted by Crippen LogP contribution is 2.33. The second-order valence-electron chi connectivity index (χ2n) is 9.95. The molecular weight excluding hydrogens is 586 g/mol. The first kappa shape index (κ1) is 26.9. The van der Waals surface area contributed by atoms with Gasteiger partial charge in [-0.05, 0) is 43.3 Å². The van der Waals surface area contributed by atoms with E-state index in [0.717, 1.165) is 11.4 Å². The largest absolute Gasteiger partial charge is 0.296 e. The molecule has 3 aromatic carbocycles. The van der Waals surface area contributed by atoms with Gasteiger partial charge in [0.1, 0.15) is 11.5 Å². The van der Waals surface area contributed by atoms with Crippen LogP contribution in [0.4, 0.5) is 0 Å². The fourth-order valence-corrected chi connectivity index (χ4v) is 6.38. The Morgan fingerprint density at radius 1 is 0.814 bits per heavy atom. The van der Waals surface area contributed by atoms with E-state index in [-0.39, 0.29) is 11.1 Å². The summed E-state index contributed by atoms with van der Waals surface area (Å²) in [6.45, 7) is 1.89. The molecule has 0 atom stereocenters. The van der Waals surface area contributed by atoms with Gasteiger partial charge in [0.25, 0.3) is 11.1 Å². The van der Waals surface area contributed by atoms with E-state index in [4.69, 9.17) is 11.6 Å². The van der Waals surface area contributed by atoms with E-state index in [9.17, 15) is 9.59 Å². The fourth-order valence-electron chi connectivity index (χ4n) is 5.31. The zero-order valence-corrected chi connectivity index (χ0v) is 24.9. The maximum Gasteiger partial charge on any atom is 0.296 e. The van der Waals surface area contributed by atoms with Gasteiger partial charge in [-0.3, -0.25) is 27.8 Å². The third-order valence-electron chi connectivity index (χ3n) is 7.52. The van der Waals surface area contributed by atoms with Crippen molar-refractivity contribution in [3.8, 4) is 22.8 Å². The molecule has 0 fully saturated rings. The standard InChI is InChI=1S/C30H24ClN9O2S/c1-18-25(28(42)40(37(18)3)19-11-5-4-6-12-19)39-26(20-13-7-9-15-22(20)31)33-35-30(39)43-17-24-32-34-29-36(2)27(41)21-14-8-10-16-23(21)38(24)29/h4-16H,17H2,1-3H3. The minimum absolute atomic E-state index is 0.145. The highest BCUT2D eigenvalue weighted by Gasteiger charge is 2.26. The number of halogens is 1. The predicted molar refractivity (Wildman–Crippen MR) is 166 cm³/mol. The van der Waals surface area contributed by atoms with Gasteiger partial charge < -0.3 is 0 Å². The number of rotatable bonds is 6. The zero-order chi connectivity index (χ0) is 29.8. The topological polar surface area (TPSA) is 110 Å². The number of benzene rings is 3. The van der Waals surface area contributed by atoms with Crippen molar-refractivity contribution in [3.63, 3.8) is 0 Å². The molecule has 0 aliphatic rings. The van der Waals surface area contributed by atoms with E-state index < -0.39 is 0 Å². The summed E-state index contributed by atoms with van der Waals surface area (Å²) < 4.78 is 8.56. The van der Waals surface area contributed by atoms with Crippen molar-refractivity contribution < 1.29 is 0 Å². The molecular formula is C30H24ClN9O2S. The average molecular weight is 610 g/mol. The number of hydrogen-bond donors (Lipinski definition) is 0. The molecule has 0 aliphatic heterocycles. The molecule has 7 rings (SSSR count). The quantitative estimate of drug-likeness (QED) is 0.254. The lowest BCUT2D eigenvalue weighted by atomic mass is 10.2. The summed E-state index contributed by atoms with van der Waals surface area (Å²) in [5.74, 6) is 1.83. The van der Waals surface area contributed by atoms with Crippen molar-refractivity contribution in [3.05, 3.63) is 116 Å². The van der Waals surface area contributed by atoms with Crippen LogP contribution >= 0.6 is 23.4 Å². The number of nitrogens with zero attached hydrogens (tertiary/aromatic N) is 9. The van der Waals surface area contributed by atoms with Gasteiger partial charge >= 0.3 is 0 Å². The zero-order valence-electron chi connectivity index (χ0n) is 23.3. The first-order valence-electron chi connectivity index (χ1n) is 13.4. The number of aromatic nitrogens is 9. The molecule has 43 heavy (non-hydrogen) atoms. The molecule has 7 aromatic rings. The van der Waals surface area contributed by atoms with Crippen LogP contribution in [0.15, 0.2) is 93.6 Å². The van der Waals surface area contributed by atoms with Gasteiger partial charge in [-0.25, -0.2) is 4.68 Å². The number of para-hydroxylation sites is 2. The van der Waals surface area contributed by atoms with Crippen LogP contribution in [-0.4, -0.2) is 43.3 Å². The summed E-state index contributed by atoms with van der Waals surface area (Å²) in [6, 6.07) is 24.2. The molecule has 0 aliphatic carbocycles. The molecule has 4 aromatic heterocycles. The normalized spacial score (nSPS) is 11.6. The smallest absolute Gasteiger partial charge is 0.283 e. The Labute approximate surface area is 253 Å². The van der Waals surface area contributed by atoms with Gasteiger partial charge in [0, 0.05) is 19.7 Å². The van der Waals surface area contributed by atoms with Crippen LogP contribution in [0.2, 0.25) is 5.02 Å². The summed E-state index contributed by atoms with van der Waals surface area (Å²) in [7, 11) is 3.52. The van der Waals surface area contributed by atoms with E-state index in [1.807, 2.05) is 89.8 Å². The van der Waals surface area contributed by atoms with Crippen molar-refractivity contribution in [2.75, 3.05) is 0 Å². The molecule has 0 N–H and O–H groups in total. The summed E-state index contributed by atoms with van der Waals surface area (Å²) in [5, 5.41) is 19.3. The lowest BCUT2D eigenvalue weighted by Crippen LogP contribution is -2.22. The fraction of sp³-hybridized carbons (Fsp3) is 0.133. The van der Waals surface area contributed by atoms with Crippen LogP contribution in [0.5, 0.6) is 0 Å². The molecule has 11 nitrogen and oxygen atoms in total. The Kier molecular flexibility index (Phi) is 6.51. The number of thioether (sulfide) groups is 1. The van der Waals surface area contributed by atoms with E-state index in [1.165, 1.54) is 16.3 Å². The Morgan fingerprint density at radius 2 is 1.53 bits per heavy atom. The Balaban J connectivity index is 1.40. The minimum Gasteiger partial charge on any atom is -0.283 e. The van der Waals surface area contributed by atoms with Crippen LogP contribution in [0.25, 0.3) is 39.4 Å². The van der Waals surface area contributed by atoms with Crippen LogP contribution in [0.1, 0.15) is 11.5 Å². The summed E-state index contributed by atoms with van der Waals surface area (Å²) in [6.07, 6.45) is 0. The minimum atomic E-state index is -0.227. The van der Waals surface area contributed by atoms with Crippen LogP contribution in [0.3, 0.4) is 0 Å².